The Bertz CT molecular complexity index is 572. The van der Waals surface area contributed by atoms with Crippen LogP contribution in [0.25, 0.3) is 0 Å². The van der Waals surface area contributed by atoms with Crippen molar-refractivity contribution in [2.75, 3.05) is 5.75 Å². The van der Waals surface area contributed by atoms with Gasteiger partial charge in [0.25, 0.3) is 0 Å². The van der Waals surface area contributed by atoms with Gasteiger partial charge in [-0.05, 0) is 62.7 Å². The smallest absolute Gasteiger partial charge is 0.303 e. The molecule has 1 unspecified atom stereocenters. The molecule has 2 N–H and O–H groups in total. The van der Waals surface area contributed by atoms with Crippen molar-refractivity contribution in [3.63, 3.8) is 0 Å². The van der Waals surface area contributed by atoms with Gasteiger partial charge in [-0.3, -0.25) is 4.79 Å². The highest BCUT2D eigenvalue weighted by Crippen LogP contribution is 2.50. The molecule has 0 radical (unpaired) electrons. The van der Waals surface area contributed by atoms with Crippen LogP contribution < -0.4 is 4.72 Å². The van der Waals surface area contributed by atoms with E-state index in [0.29, 0.717) is 24.2 Å². The van der Waals surface area contributed by atoms with E-state index in [9.17, 15) is 13.2 Å². The van der Waals surface area contributed by atoms with E-state index in [1.165, 1.54) is 6.42 Å². The summed E-state index contributed by atoms with van der Waals surface area (Å²) in [6, 6.07) is 0.0913. The van der Waals surface area contributed by atoms with Crippen LogP contribution in [-0.2, 0) is 14.8 Å². The predicted molar refractivity (Wildman–Crippen MR) is 104 cm³/mol. The first kappa shape index (κ1) is 21.4. The second-order valence-electron chi connectivity index (χ2n) is 8.01. The van der Waals surface area contributed by atoms with Crippen molar-refractivity contribution in [3.05, 3.63) is 12.2 Å². The third kappa shape index (κ3) is 6.69. The van der Waals surface area contributed by atoms with Crippen LogP contribution in [0.1, 0.15) is 77.6 Å². The highest BCUT2D eigenvalue weighted by Gasteiger charge is 2.47. The number of unbranched alkanes of at least 4 members (excludes halogenated alkanes) is 4. The van der Waals surface area contributed by atoms with Crippen LogP contribution in [0.2, 0.25) is 0 Å². The van der Waals surface area contributed by atoms with Crippen LogP contribution in [0.5, 0.6) is 0 Å². The van der Waals surface area contributed by atoms with Gasteiger partial charge in [-0.1, -0.05) is 38.3 Å². The molecular weight excluding hydrogens is 350 g/mol. The lowest BCUT2D eigenvalue weighted by Crippen LogP contribution is -2.44. The van der Waals surface area contributed by atoms with Crippen molar-refractivity contribution in [1.29, 1.82) is 0 Å². The third-order valence-electron chi connectivity index (χ3n) is 6.01. The molecule has 4 atom stereocenters. The fourth-order valence-electron chi connectivity index (χ4n) is 4.66. The molecule has 0 aliphatic heterocycles. The van der Waals surface area contributed by atoms with Crippen molar-refractivity contribution < 1.29 is 18.3 Å². The van der Waals surface area contributed by atoms with E-state index in [4.69, 9.17) is 5.11 Å². The molecule has 2 aliphatic carbocycles. The Labute approximate surface area is 158 Å². The monoisotopic (exact) mass is 385 g/mol. The maximum absolute atomic E-state index is 12.5. The maximum atomic E-state index is 12.5. The van der Waals surface area contributed by atoms with Crippen molar-refractivity contribution in [2.24, 2.45) is 17.8 Å². The average molecular weight is 386 g/mol. The lowest BCUT2D eigenvalue weighted by atomic mass is 9.83. The molecule has 150 valence electrons. The Morgan fingerprint density at radius 3 is 2.62 bits per heavy atom. The molecule has 0 spiro atoms. The van der Waals surface area contributed by atoms with Gasteiger partial charge in [-0.15, -0.1) is 0 Å². The zero-order valence-electron chi connectivity index (χ0n) is 16.0. The predicted octanol–water partition coefficient (Wildman–Crippen LogP) is 4.10. The molecule has 2 bridgehead atoms. The SMILES string of the molecule is CCCCCCS(=O)(=O)N[C@H]1C2CC[C@H](C2)[C@@H]1C/C=C\CCCC(=O)O. The topological polar surface area (TPSA) is 83.5 Å². The highest BCUT2D eigenvalue weighted by molar-refractivity contribution is 7.89. The van der Waals surface area contributed by atoms with E-state index in [2.05, 4.69) is 23.8 Å². The minimum Gasteiger partial charge on any atom is -0.481 e. The van der Waals surface area contributed by atoms with Gasteiger partial charge < -0.3 is 5.11 Å². The molecule has 26 heavy (non-hydrogen) atoms. The first-order valence-electron chi connectivity index (χ1n) is 10.3. The van der Waals surface area contributed by atoms with Gasteiger partial charge in [-0.25, -0.2) is 13.1 Å². The zero-order chi connectivity index (χ0) is 19.0. The summed E-state index contributed by atoms with van der Waals surface area (Å²) in [5.74, 6) is 1.03. The van der Waals surface area contributed by atoms with Crippen molar-refractivity contribution in [3.8, 4) is 0 Å². The van der Waals surface area contributed by atoms with Crippen LogP contribution in [0.4, 0.5) is 0 Å². The summed E-state index contributed by atoms with van der Waals surface area (Å²) in [7, 11) is -3.19. The van der Waals surface area contributed by atoms with E-state index < -0.39 is 16.0 Å². The first-order chi connectivity index (χ1) is 12.4. The van der Waals surface area contributed by atoms with E-state index in [-0.39, 0.29) is 18.2 Å². The third-order valence-corrected chi connectivity index (χ3v) is 7.46. The summed E-state index contributed by atoms with van der Waals surface area (Å²) >= 11 is 0. The molecule has 5 nitrogen and oxygen atoms in total. The van der Waals surface area contributed by atoms with E-state index in [1.54, 1.807) is 0 Å². The lowest BCUT2D eigenvalue weighted by molar-refractivity contribution is -0.137. The summed E-state index contributed by atoms with van der Waals surface area (Å²) in [5.41, 5.74) is 0. The molecule has 2 fully saturated rings. The van der Waals surface area contributed by atoms with Crippen molar-refractivity contribution >= 4 is 16.0 Å². The number of aliphatic carboxylic acids is 1. The van der Waals surface area contributed by atoms with Crippen molar-refractivity contribution in [2.45, 2.75) is 83.6 Å². The standard InChI is InChI=1S/C20H35NO4S/c1-2-3-4-9-14-26(24,25)21-20-17-13-12-16(15-17)18(20)10-7-5-6-8-11-19(22)23/h5,7,16-18,20-21H,2-4,6,8-15H2,1H3,(H,22,23)/b7-5-/t16-,17?,18+,20+/m1/s1. The van der Waals surface area contributed by atoms with E-state index >= 15 is 0 Å². The molecule has 0 heterocycles. The fourth-order valence-corrected chi connectivity index (χ4v) is 6.14. The van der Waals surface area contributed by atoms with Gasteiger partial charge in [-0.2, -0.15) is 0 Å². The molecule has 0 amide bonds. The Morgan fingerprint density at radius 2 is 1.88 bits per heavy atom. The fraction of sp³-hybridized carbons (Fsp3) is 0.850. The molecule has 2 rings (SSSR count). The molecule has 2 aliphatic rings. The summed E-state index contributed by atoms with van der Waals surface area (Å²) in [6.07, 6.45) is 14.2. The number of hydrogen-bond acceptors (Lipinski definition) is 3. The highest BCUT2D eigenvalue weighted by atomic mass is 32.2. The van der Waals surface area contributed by atoms with Crippen LogP contribution in [0, 0.1) is 17.8 Å². The number of carboxylic acids is 1. The van der Waals surface area contributed by atoms with Gasteiger partial charge in [0.15, 0.2) is 0 Å². The molecule has 0 saturated heterocycles. The molecule has 0 aromatic rings. The molecule has 0 aromatic heterocycles. The number of fused-ring (bicyclic) bond motifs is 2. The quantitative estimate of drug-likeness (QED) is 0.369. The van der Waals surface area contributed by atoms with Crippen molar-refractivity contribution in [1.82, 2.24) is 4.72 Å². The van der Waals surface area contributed by atoms with Gasteiger partial charge in [0.2, 0.25) is 10.0 Å². The molecule has 6 heteroatoms. The number of allylic oxidation sites excluding steroid dienone is 2. The Hall–Kier alpha value is -0.880. The van der Waals surface area contributed by atoms with Gasteiger partial charge in [0, 0.05) is 12.5 Å². The maximum Gasteiger partial charge on any atom is 0.303 e. The van der Waals surface area contributed by atoms with E-state index in [1.807, 2.05) is 0 Å². The minimum absolute atomic E-state index is 0.0913. The van der Waals surface area contributed by atoms with Crippen LogP contribution in [0.3, 0.4) is 0 Å². The lowest BCUT2D eigenvalue weighted by Gasteiger charge is -2.31. The molecule has 2 saturated carbocycles. The number of nitrogens with one attached hydrogen (secondary N) is 1. The first-order valence-corrected chi connectivity index (χ1v) is 11.9. The Morgan fingerprint density at radius 1 is 1.12 bits per heavy atom. The summed E-state index contributed by atoms with van der Waals surface area (Å²) < 4.78 is 28.0. The normalized spacial score (nSPS) is 28.2. The number of hydrogen-bond donors (Lipinski definition) is 2. The van der Waals surface area contributed by atoms with Crippen LogP contribution in [-0.4, -0.2) is 31.3 Å². The van der Waals surface area contributed by atoms with Gasteiger partial charge >= 0.3 is 5.97 Å². The number of rotatable bonds is 13. The average Bonchev–Trinajstić information content (AvgIpc) is 3.16. The van der Waals surface area contributed by atoms with Gasteiger partial charge in [0.05, 0.1) is 5.75 Å². The number of carbonyl (C=O) groups is 1. The molecule has 0 aromatic carbocycles. The van der Waals surface area contributed by atoms with Crippen LogP contribution >= 0.6 is 0 Å². The van der Waals surface area contributed by atoms with E-state index in [0.717, 1.165) is 51.4 Å². The summed E-state index contributed by atoms with van der Waals surface area (Å²) in [5, 5.41) is 8.66. The van der Waals surface area contributed by atoms with Gasteiger partial charge in [0.1, 0.15) is 0 Å². The molecular formula is C20H35NO4S. The Kier molecular flexibility index (Phi) is 8.61. The van der Waals surface area contributed by atoms with Crippen LogP contribution in [0.15, 0.2) is 12.2 Å². The number of carboxylic acid groups (broad SMARTS) is 1. The summed E-state index contributed by atoms with van der Waals surface area (Å²) in [6.45, 7) is 2.13. The minimum atomic E-state index is -3.19. The Balaban J connectivity index is 1.82. The number of sulfonamides is 1. The summed E-state index contributed by atoms with van der Waals surface area (Å²) in [4.78, 5) is 10.5. The second-order valence-corrected chi connectivity index (χ2v) is 9.89. The largest absolute Gasteiger partial charge is 0.481 e. The zero-order valence-corrected chi connectivity index (χ0v) is 16.8. The second kappa shape index (κ2) is 10.5.